The fourth-order valence-corrected chi connectivity index (χ4v) is 6.95. The Morgan fingerprint density at radius 3 is 2.12 bits per heavy atom. The summed E-state index contributed by atoms with van der Waals surface area (Å²) in [4.78, 5) is 15.4. The van der Waals surface area contributed by atoms with Gasteiger partial charge in [-0.3, -0.25) is 9.52 Å². The van der Waals surface area contributed by atoms with Crippen LogP contribution in [-0.4, -0.2) is 75.9 Å². The van der Waals surface area contributed by atoms with Crippen LogP contribution in [0.2, 0.25) is 0 Å². The second kappa shape index (κ2) is 12.4. The van der Waals surface area contributed by atoms with E-state index in [1.165, 1.54) is 40.5 Å². The molecular formula is C30H37N3O7S2. The predicted octanol–water partition coefficient (Wildman–Crippen LogP) is 3.65. The molecule has 12 heteroatoms. The topological polar surface area (TPSA) is 133 Å². The molecule has 0 saturated carbocycles. The van der Waals surface area contributed by atoms with Crippen LogP contribution in [0.3, 0.4) is 0 Å². The number of benzene rings is 3. The first-order chi connectivity index (χ1) is 19.7. The lowest BCUT2D eigenvalue weighted by molar-refractivity contribution is 0.0389. The van der Waals surface area contributed by atoms with Crippen molar-refractivity contribution in [3.8, 4) is 5.75 Å². The van der Waals surface area contributed by atoms with Gasteiger partial charge in [0.05, 0.1) is 40.2 Å². The summed E-state index contributed by atoms with van der Waals surface area (Å²) < 4.78 is 63.6. The van der Waals surface area contributed by atoms with Gasteiger partial charge in [0.2, 0.25) is 10.0 Å². The highest BCUT2D eigenvalue weighted by Gasteiger charge is 2.36. The minimum absolute atomic E-state index is 0.00832. The van der Waals surface area contributed by atoms with Crippen molar-refractivity contribution in [1.29, 1.82) is 0 Å². The van der Waals surface area contributed by atoms with Crippen LogP contribution < -0.4 is 9.46 Å². The van der Waals surface area contributed by atoms with Crippen molar-refractivity contribution in [2.75, 3.05) is 31.5 Å². The SMILES string of the molecule is Cc1ccc(S(=O)(=O)Nc2cccc3c2O[C@@H](CN(C)S(=O)(=O)c2ccc(C)cc2)[C@H](C)CN([C@H](C)CO)C3=O)cc1. The lowest BCUT2D eigenvalue weighted by Gasteiger charge is -2.38. The number of aryl methyl sites for hydroxylation is 2. The molecule has 0 unspecified atom stereocenters. The molecule has 10 nitrogen and oxygen atoms in total. The molecule has 0 radical (unpaired) electrons. The van der Waals surface area contributed by atoms with Crippen molar-refractivity contribution in [3.63, 3.8) is 0 Å². The molecule has 2 N–H and O–H groups in total. The van der Waals surface area contributed by atoms with Gasteiger partial charge in [0.25, 0.3) is 15.9 Å². The minimum atomic E-state index is -4.05. The number of likely N-dealkylation sites (N-methyl/N-ethyl adjacent to an activating group) is 1. The van der Waals surface area contributed by atoms with Gasteiger partial charge in [0.1, 0.15) is 6.10 Å². The number of para-hydroxylation sites is 1. The summed E-state index contributed by atoms with van der Waals surface area (Å²) >= 11 is 0. The zero-order valence-electron chi connectivity index (χ0n) is 24.3. The Morgan fingerprint density at radius 2 is 1.55 bits per heavy atom. The maximum Gasteiger partial charge on any atom is 0.262 e. The highest BCUT2D eigenvalue weighted by atomic mass is 32.2. The van der Waals surface area contributed by atoms with E-state index in [-0.39, 0.29) is 46.5 Å². The molecule has 0 fully saturated rings. The predicted molar refractivity (Wildman–Crippen MR) is 161 cm³/mol. The van der Waals surface area contributed by atoms with Gasteiger partial charge in [-0.25, -0.2) is 16.8 Å². The number of nitrogens with zero attached hydrogens (tertiary/aromatic N) is 2. The van der Waals surface area contributed by atoms with Crippen LogP contribution in [0, 0.1) is 19.8 Å². The third-order valence-electron chi connectivity index (χ3n) is 7.43. The molecule has 0 saturated heterocycles. The van der Waals surface area contributed by atoms with Gasteiger partial charge in [0.15, 0.2) is 5.75 Å². The molecule has 3 aromatic rings. The summed E-state index contributed by atoms with van der Waals surface area (Å²) in [5, 5.41) is 9.91. The monoisotopic (exact) mass is 615 g/mol. The number of aliphatic hydroxyl groups is 1. The Hall–Kier alpha value is -3.45. The number of hydrogen-bond donors (Lipinski definition) is 2. The molecule has 1 aliphatic rings. The largest absolute Gasteiger partial charge is 0.486 e. The van der Waals surface area contributed by atoms with Crippen molar-refractivity contribution in [3.05, 3.63) is 83.4 Å². The van der Waals surface area contributed by atoms with Crippen LogP contribution in [0.4, 0.5) is 5.69 Å². The van der Waals surface area contributed by atoms with E-state index in [0.717, 1.165) is 11.1 Å². The number of fused-ring (bicyclic) bond motifs is 1. The first-order valence-electron chi connectivity index (χ1n) is 13.6. The number of nitrogens with one attached hydrogen (secondary N) is 1. The summed E-state index contributed by atoms with van der Waals surface area (Å²) in [5.41, 5.74) is 1.96. The van der Waals surface area contributed by atoms with Crippen LogP contribution in [0.5, 0.6) is 5.75 Å². The van der Waals surface area contributed by atoms with Gasteiger partial charge in [-0.1, -0.05) is 48.4 Å². The van der Waals surface area contributed by atoms with Crippen LogP contribution in [0.1, 0.15) is 35.3 Å². The van der Waals surface area contributed by atoms with Crippen molar-refractivity contribution in [1.82, 2.24) is 9.21 Å². The summed E-state index contributed by atoms with van der Waals surface area (Å²) in [6, 6.07) is 16.9. The Kier molecular flexibility index (Phi) is 9.31. The molecule has 4 rings (SSSR count). The highest BCUT2D eigenvalue weighted by Crippen LogP contribution is 2.36. The Morgan fingerprint density at radius 1 is 0.976 bits per heavy atom. The fraction of sp³-hybridized carbons (Fsp3) is 0.367. The second-order valence-electron chi connectivity index (χ2n) is 10.8. The zero-order chi connectivity index (χ0) is 30.8. The van der Waals surface area contributed by atoms with Crippen molar-refractivity contribution in [2.24, 2.45) is 5.92 Å². The molecular weight excluding hydrogens is 578 g/mol. The molecule has 3 atom stereocenters. The number of aliphatic hydroxyl groups excluding tert-OH is 1. The van der Waals surface area contributed by atoms with Gasteiger partial charge in [-0.2, -0.15) is 4.31 Å². The number of amides is 1. The van der Waals surface area contributed by atoms with Crippen LogP contribution in [-0.2, 0) is 20.0 Å². The third-order valence-corrected chi connectivity index (χ3v) is 10.7. The standard InChI is InChI=1S/C30H37N3O7S2/c1-20-9-13-24(14-10-20)41(36,37)31-27-8-6-7-26-29(27)40-28(22(3)17-33(30(26)35)23(4)19-34)18-32(5)42(38,39)25-15-11-21(2)12-16-25/h6-16,22-23,28,31,34H,17-19H2,1-5H3/t22-,23-,28+/m1/s1. The molecule has 1 heterocycles. The molecule has 0 bridgehead atoms. The Bertz CT molecular complexity index is 1640. The fourth-order valence-electron chi connectivity index (χ4n) is 4.70. The number of carbonyl (C=O) groups excluding carboxylic acids is 1. The van der Waals surface area contributed by atoms with Crippen LogP contribution in [0.15, 0.2) is 76.5 Å². The Labute approximate surface area is 248 Å². The van der Waals surface area contributed by atoms with E-state index in [9.17, 15) is 26.7 Å². The number of hydrogen-bond acceptors (Lipinski definition) is 7. The summed E-state index contributed by atoms with van der Waals surface area (Å²) in [5.74, 6) is -0.839. The molecule has 42 heavy (non-hydrogen) atoms. The average molecular weight is 616 g/mol. The minimum Gasteiger partial charge on any atom is -0.486 e. The number of rotatable bonds is 9. The lowest BCUT2D eigenvalue weighted by atomic mass is 9.99. The average Bonchev–Trinajstić information content (AvgIpc) is 2.95. The second-order valence-corrected chi connectivity index (χ2v) is 14.5. The van der Waals surface area contributed by atoms with Gasteiger partial charge < -0.3 is 14.7 Å². The van der Waals surface area contributed by atoms with E-state index in [2.05, 4.69) is 4.72 Å². The van der Waals surface area contributed by atoms with Crippen molar-refractivity contribution < 1.29 is 31.5 Å². The van der Waals surface area contributed by atoms with Gasteiger partial charge in [-0.15, -0.1) is 0 Å². The van der Waals surface area contributed by atoms with Gasteiger partial charge in [0, 0.05) is 19.5 Å². The lowest BCUT2D eigenvalue weighted by Crippen LogP contribution is -2.50. The normalized spacial score (nSPS) is 18.5. The van der Waals surface area contributed by atoms with Crippen molar-refractivity contribution >= 4 is 31.6 Å². The maximum atomic E-state index is 13.7. The number of carbonyl (C=O) groups is 1. The molecule has 0 aromatic heterocycles. The molecule has 1 amide bonds. The first kappa shape index (κ1) is 31.5. The summed E-state index contributed by atoms with van der Waals surface area (Å²) in [6.45, 7) is 7.06. The van der Waals surface area contributed by atoms with E-state index in [0.29, 0.717) is 0 Å². The third kappa shape index (κ3) is 6.62. The molecule has 1 aliphatic heterocycles. The smallest absolute Gasteiger partial charge is 0.262 e. The summed E-state index contributed by atoms with van der Waals surface area (Å²) in [7, 11) is -6.48. The Balaban J connectivity index is 1.76. The van der Waals surface area contributed by atoms with Crippen LogP contribution >= 0.6 is 0 Å². The van der Waals surface area contributed by atoms with Crippen molar-refractivity contribution in [2.45, 2.75) is 49.6 Å². The van der Waals surface area contributed by atoms with E-state index < -0.39 is 44.0 Å². The quantitative estimate of drug-likeness (QED) is 0.376. The number of sulfonamides is 2. The van der Waals surface area contributed by atoms with E-state index >= 15 is 0 Å². The highest BCUT2D eigenvalue weighted by molar-refractivity contribution is 7.92. The van der Waals surface area contributed by atoms with Crippen LogP contribution in [0.25, 0.3) is 0 Å². The van der Waals surface area contributed by atoms with E-state index in [1.54, 1.807) is 49.4 Å². The zero-order valence-corrected chi connectivity index (χ0v) is 25.9. The molecule has 0 aliphatic carbocycles. The van der Waals surface area contributed by atoms with Gasteiger partial charge >= 0.3 is 0 Å². The molecule has 226 valence electrons. The number of anilines is 1. The van der Waals surface area contributed by atoms with E-state index in [1.807, 2.05) is 20.8 Å². The summed E-state index contributed by atoms with van der Waals surface area (Å²) in [6.07, 6.45) is -0.777. The van der Waals surface area contributed by atoms with E-state index in [4.69, 9.17) is 4.74 Å². The maximum absolute atomic E-state index is 13.7. The first-order valence-corrected chi connectivity index (χ1v) is 16.5. The molecule has 3 aromatic carbocycles. The number of ether oxygens (including phenoxy) is 1. The van der Waals surface area contributed by atoms with Gasteiger partial charge in [-0.05, 0) is 57.2 Å². The molecule has 0 spiro atoms.